The SMILES string of the molecule is CN(C)c1ccc(CCNC(=O)NCc2cccc(Cl)c2)cc1. The molecule has 0 fully saturated rings. The van der Waals surface area contributed by atoms with Gasteiger partial charge in [0.2, 0.25) is 0 Å². The van der Waals surface area contributed by atoms with Gasteiger partial charge in [-0.2, -0.15) is 0 Å². The summed E-state index contributed by atoms with van der Waals surface area (Å²) in [4.78, 5) is 13.8. The normalized spacial score (nSPS) is 10.2. The maximum atomic E-state index is 11.8. The zero-order valence-electron chi connectivity index (χ0n) is 13.5. The number of benzene rings is 2. The molecule has 122 valence electrons. The van der Waals surface area contributed by atoms with Crippen molar-refractivity contribution >= 4 is 23.3 Å². The van der Waals surface area contributed by atoms with E-state index in [-0.39, 0.29) is 6.03 Å². The lowest BCUT2D eigenvalue weighted by Gasteiger charge is -2.13. The van der Waals surface area contributed by atoms with Crippen molar-refractivity contribution in [1.82, 2.24) is 10.6 Å². The van der Waals surface area contributed by atoms with Crippen LogP contribution in [0.25, 0.3) is 0 Å². The summed E-state index contributed by atoms with van der Waals surface area (Å²) in [6.07, 6.45) is 0.804. The molecule has 2 aromatic carbocycles. The molecule has 4 nitrogen and oxygen atoms in total. The minimum absolute atomic E-state index is 0.171. The van der Waals surface area contributed by atoms with E-state index in [4.69, 9.17) is 11.6 Å². The van der Waals surface area contributed by atoms with Gasteiger partial charge in [-0.15, -0.1) is 0 Å². The molecule has 0 spiro atoms. The second-order valence-electron chi connectivity index (χ2n) is 5.55. The Labute approximate surface area is 142 Å². The molecule has 0 aliphatic carbocycles. The summed E-state index contributed by atoms with van der Waals surface area (Å²) in [6.45, 7) is 1.06. The molecule has 0 aliphatic heterocycles. The predicted octanol–water partition coefficient (Wildman–Crippen LogP) is 3.45. The van der Waals surface area contributed by atoms with E-state index < -0.39 is 0 Å². The van der Waals surface area contributed by atoms with E-state index >= 15 is 0 Å². The van der Waals surface area contributed by atoms with Crippen LogP contribution < -0.4 is 15.5 Å². The van der Waals surface area contributed by atoms with Crippen LogP contribution in [0.1, 0.15) is 11.1 Å². The smallest absolute Gasteiger partial charge is 0.315 e. The fraction of sp³-hybridized carbons (Fsp3) is 0.278. The number of nitrogens with zero attached hydrogens (tertiary/aromatic N) is 1. The van der Waals surface area contributed by atoms with E-state index in [9.17, 15) is 4.79 Å². The maximum Gasteiger partial charge on any atom is 0.315 e. The Kier molecular flexibility index (Phi) is 6.29. The van der Waals surface area contributed by atoms with Crippen LogP contribution in [0.4, 0.5) is 10.5 Å². The first kappa shape index (κ1) is 17.2. The maximum absolute atomic E-state index is 11.8. The lowest BCUT2D eigenvalue weighted by Crippen LogP contribution is -2.36. The van der Waals surface area contributed by atoms with Gasteiger partial charge in [0.1, 0.15) is 0 Å². The summed E-state index contributed by atoms with van der Waals surface area (Å²) in [5.74, 6) is 0. The van der Waals surface area contributed by atoms with Crippen molar-refractivity contribution in [3.63, 3.8) is 0 Å². The standard InChI is InChI=1S/C18H22ClN3O/c1-22(2)17-8-6-14(7-9-17)10-11-20-18(23)21-13-15-4-3-5-16(19)12-15/h3-9,12H,10-11,13H2,1-2H3,(H2,20,21,23). The average Bonchev–Trinajstić information content (AvgIpc) is 2.53. The van der Waals surface area contributed by atoms with Gasteiger partial charge in [0, 0.05) is 37.9 Å². The Morgan fingerprint density at radius 3 is 2.43 bits per heavy atom. The number of nitrogens with one attached hydrogen (secondary N) is 2. The van der Waals surface area contributed by atoms with Crippen molar-refractivity contribution in [1.29, 1.82) is 0 Å². The number of amides is 2. The number of hydrogen-bond acceptors (Lipinski definition) is 2. The minimum Gasteiger partial charge on any atom is -0.378 e. The third-order valence-corrected chi connectivity index (χ3v) is 3.73. The highest BCUT2D eigenvalue weighted by Gasteiger charge is 2.01. The number of hydrogen-bond donors (Lipinski definition) is 2. The van der Waals surface area contributed by atoms with Crippen molar-refractivity contribution in [2.45, 2.75) is 13.0 Å². The zero-order valence-corrected chi connectivity index (χ0v) is 14.2. The highest BCUT2D eigenvalue weighted by atomic mass is 35.5. The van der Waals surface area contributed by atoms with Crippen molar-refractivity contribution < 1.29 is 4.79 Å². The van der Waals surface area contributed by atoms with E-state index in [1.165, 1.54) is 11.3 Å². The summed E-state index contributed by atoms with van der Waals surface area (Å²) >= 11 is 5.91. The molecule has 0 unspecified atom stereocenters. The summed E-state index contributed by atoms with van der Waals surface area (Å²) in [5.41, 5.74) is 3.35. The van der Waals surface area contributed by atoms with Gasteiger partial charge < -0.3 is 15.5 Å². The molecule has 2 aromatic rings. The second-order valence-corrected chi connectivity index (χ2v) is 5.99. The van der Waals surface area contributed by atoms with Crippen LogP contribution in [0.15, 0.2) is 48.5 Å². The molecule has 2 amide bonds. The minimum atomic E-state index is -0.171. The molecule has 0 radical (unpaired) electrons. The van der Waals surface area contributed by atoms with Gasteiger partial charge in [-0.3, -0.25) is 0 Å². The average molecular weight is 332 g/mol. The number of halogens is 1. The summed E-state index contributed by atoms with van der Waals surface area (Å²) in [7, 11) is 4.03. The van der Waals surface area contributed by atoms with Crippen LogP contribution in [-0.4, -0.2) is 26.7 Å². The molecule has 0 atom stereocenters. The molecular weight excluding hydrogens is 310 g/mol. The van der Waals surface area contributed by atoms with E-state index in [0.717, 1.165) is 12.0 Å². The zero-order chi connectivity index (χ0) is 16.7. The number of carbonyl (C=O) groups is 1. The molecule has 23 heavy (non-hydrogen) atoms. The lowest BCUT2D eigenvalue weighted by atomic mass is 10.1. The Morgan fingerprint density at radius 2 is 1.78 bits per heavy atom. The van der Waals surface area contributed by atoms with Crippen molar-refractivity contribution in [3.05, 3.63) is 64.7 Å². The van der Waals surface area contributed by atoms with E-state index in [0.29, 0.717) is 18.1 Å². The highest BCUT2D eigenvalue weighted by molar-refractivity contribution is 6.30. The van der Waals surface area contributed by atoms with Crippen molar-refractivity contribution in [3.8, 4) is 0 Å². The first-order valence-electron chi connectivity index (χ1n) is 7.57. The summed E-state index contributed by atoms with van der Waals surface area (Å²) < 4.78 is 0. The van der Waals surface area contributed by atoms with Crippen LogP contribution in [-0.2, 0) is 13.0 Å². The van der Waals surface area contributed by atoms with Gasteiger partial charge in [-0.05, 0) is 41.8 Å². The number of urea groups is 1. The summed E-state index contributed by atoms with van der Waals surface area (Å²) in [5, 5.41) is 6.35. The van der Waals surface area contributed by atoms with Gasteiger partial charge in [-0.25, -0.2) is 4.79 Å². The topological polar surface area (TPSA) is 44.4 Å². The Balaban J connectivity index is 1.70. The molecule has 0 bridgehead atoms. The molecule has 5 heteroatoms. The van der Waals surface area contributed by atoms with E-state index in [2.05, 4.69) is 39.8 Å². The molecule has 0 heterocycles. The van der Waals surface area contributed by atoms with Crippen molar-refractivity contribution in [2.24, 2.45) is 0 Å². The van der Waals surface area contributed by atoms with Crippen LogP contribution in [0.5, 0.6) is 0 Å². The Bertz CT molecular complexity index is 641. The number of anilines is 1. The quantitative estimate of drug-likeness (QED) is 0.851. The van der Waals surface area contributed by atoms with Gasteiger partial charge >= 0.3 is 6.03 Å². The molecule has 0 saturated carbocycles. The molecule has 0 aromatic heterocycles. The molecule has 0 aliphatic rings. The monoisotopic (exact) mass is 331 g/mol. The third-order valence-electron chi connectivity index (χ3n) is 3.49. The van der Waals surface area contributed by atoms with Gasteiger partial charge in [0.05, 0.1) is 0 Å². The van der Waals surface area contributed by atoms with Crippen LogP contribution in [0, 0.1) is 0 Å². The Hall–Kier alpha value is -2.20. The van der Waals surface area contributed by atoms with Crippen LogP contribution >= 0.6 is 11.6 Å². The molecule has 0 saturated heterocycles. The highest BCUT2D eigenvalue weighted by Crippen LogP contribution is 2.12. The number of carbonyl (C=O) groups excluding carboxylic acids is 1. The van der Waals surface area contributed by atoms with Crippen molar-refractivity contribution in [2.75, 3.05) is 25.5 Å². The second kappa shape index (κ2) is 8.44. The van der Waals surface area contributed by atoms with Gasteiger partial charge in [0.15, 0.2) is 0 Å². The van der Waals surface area contributed by atoms with E-state index in [1.807, 2.05) is 38.4 Å². The van der Waals surface area contributed by atoms with Gasteiger partial charge in [-0.1, -0.05) is 35.9 Å². The molecular formula is C18H22ClN3O. The lowest BCUT2D eigenvalue weighted by molar-refractivity contribution is 0.240. The fourth-order valence-electron chi connectivity index (χ4n) is 2.17. The van der Waals surface area contributed by atoms with Crippen LogP contribution in [0.2, 0.25) is 5.02 Å². The first-order chi connectivity index (χ1) is 11.0. The van der Waals surface area contributed by atoms with E-state index in [1.54, 1.807) is 0 Å². The summed E-state index contributed by atoms with van der Waals surface area (Å²) in [6, 6.07) is 15.6. The predicted molar refractivity (Wildman–Crippen MR) is 96.2 cm³/mol. The largest absolute Gasteiger partial charge is 0.378 e. The first-order valence-corrected chi connectivity index (χ1v) is 7.95. The third kappa shape index (κ3) is 5.83. The van der Waals surface area contributed by atoms with Gasteiger partial charge in [0.25, 0.3) is 0 Å². The molecule has 2 N–H and O–H groups in total. The number of rotatable bonds is 6. The molecule has 2 rings (SSSR count). The Morgan fingerprint density at radius 1 is 1.04 bits per heavy atom. The van der Waals surface area contributed by atoms with Crippen LogP contribution in [0.3, 0.4) is 0 Å². The fourth-order valence-corrected chi connectivity index (χ4v) is 2.39.